The van der Waals surface area contributed by atoms with Crippen LogP contribution in [0.4, 0.5) is 4.39 Å². The van der Waals surface area contributed by atoms with E-state index < -0.39 is 0 Å². The molecule has 130 valence electrons. The zero-order chi connectivity index (χ0) is 16.6. The van der Waals surface area contributed by atoms with E-state index in [0.717, 1.165) is 44.5 Å². The number of hydrogen-bond donors (Lipinski definition) is 0. The molecule has 1 aromatic carbocycles. The molecule has 4 rings (SSSR count). The summed E-state index contributed by atoms with van der Waals surface area (Å²) in [6.45, 7) is 5.39. The Labute approximate surface area is 143 Å². The number of rotatable bonds is 4. The summed E-state index contributed by atoms with van der Waals surface area (Å²) in [4.78, 5) is 17.7. The lowest BCUT2D eigenvalue weighted by Gasteiger charge is -2.29. The van der Waals surface area contributed by atoms with Gasteiger partial charge in [-0.05, 0) is 68.8 Å². The summed E-state index contributed by atoms with van der Waals surface area (Å²) in [5.74, 6) is 0.663. The number of piperidine rings is 1. The van der Waals surface area contributed by atoms with Crippen LogP contribution in [0.1, 0.15) is 44.1 Å². The number of carbonyl (C=O) groups is 1. The second-order valence-corrected chi connectivity index (χ2v) is 7.86. The van der Waals surface area contributed by atoms with Gasteiger partial charge in [0.25, 0.3) is 0 Å². The van der Waals surface area contributed by atoms with Crippen LogP contribution in [0.5, 0.6) is 0 Å². The van der Waals surface area contributed by atoms with E-state index in [1.165, 1.54) is 44.5 Å². The Balaban J connectivity index is 1.38. The van der Waals surface area contributed by atoms with Crippen LogP contribution in [0.25, 0.3) is 0 Å². The molecule has 1 saturated carbocycles. The van der Waals surface area contributed by atoms with E-state index in [9.17, 15) is 9.18 Å². The fraction of sp³-hybridized carbons (Fsp3) is 0.650. The highest BCUT2D eigenvalue weighted by Crippen LogP contribution is 2.50. The second kappa shape index (κ2) is 6.47. The lowest BCUT2D eigenvalue weighted by Crippen LogP contribution is -2.39. The van der Waals surface area contributed by atoms with E-state index in [1.807, 2.05) is 0 Å². The smallest absolute Gasteiger partial charge is 0.233 e. The van der Waals surface area contributed by atoms with Crippen LogP contribution < -0.4 is 0 Å². The van der Waals surface area contributed by atoms with Crippen molar-refractivity contribution >= 4 is 5.91 Å². The largest absolute Gasteiger partial charge is 0.342 e. The molecule has 1 amide bonds. The summed E-state index contributed by atoms with van der Waals surface area (Å²) in [5, 5.41) is 0. The van der Waals surface area contributed by atoms with Gasteiger partial charge < -0.3 is 9.80 Å². The minimum Gasteiger partial charge on any atom is -0.342 e. The SMILES string of the molecule is O=C(N1CCC(CN2CCCCC2)C1)C1(c2ccc(F)cc2)CC1. The first kappa shape index (κ1) is 16.1. The Morgan fingerprint density at radius 2 is 1.79 bits per heavy atom. The molecule has 1 aromatic rings. The minimum atomic E-state index is -0.353. The summed E-state index contributed by atoms with van der Waals surface area (Å²) in [6, 6.07) is 6.54. The lowest BCUT2D eigenvalue weighted by molar-refractivity contribution is -0.133. The molecule has 2 aliphatic heterocycles. The van der Waals surface area contributed by atoms with Crippen LogP contribution in [0.15, 0.2) is 24.3 Å². The van der Waals surface area contributed by atoms with Crippen LogP contribution in [0.3, 0.4) is 0 Å². The molecule has 3 nitrogen and oxygen atoms in total. The maximum Gasteiger partial charge on any atom is 0.233 e. The standard InChI is InChI=1S/C20H27FN2O/c21-18-6-4-17(5-7-18)20(9-10-20)19(24)23-13-8-16(15-23)14-22-11-2-1-3-12-22/h4-7,16H,1-3,8-15H2. The predicted molar refractivity (Wildman–Crippen MR) is 92.3 cm³/mol. The van der Waals surface area contributed by atoms with Crippen LogP contribution in [-0.4, -0.2) is 48.4 Å². The quantitative estimate of drug-likeness (QED) is 0.846. The Bertz CT molecular complexity index is 590. The number of carbonyl (C=O) groups excluding carboxylic acids is 1. The van der Waals surface area contributed by atoms with Gasteiger partial charge in [0.15, 0.2) is 0 Å². The second-order valence-electron chi connectivity index (χ2n) is 7.86. The molecule has 0 N–H and O–H groups in total. The van der Waals surface area contributed by atoms with Gasteiger partial charge in [-0.25, -0.2) is 4.39 Å². The highest BCUT2D eigenvalue weighted by Gasteiger charge is 2.53. The van der Waals surface area contributed by atoms with Crippen molar-refractivity contribution in [1.29, 1.82) is 0 Å². The fourth-order valence-corrected chi connectivity index (χ4v) is 4.50. The van der Waals surface area contributed by atoms with Crippen molar-refractivity contribution in [3.05, 3.63) is 35.6 Å². The Morgan fingerprint density at radius 1 is 1.08 bits per heavy atom. The van der Waals surface area contributed by atoms with E-state index >= 15 is 0 Å². The van der Waals surface area contributed by atoms with E-state index in [0.29, 0.717) is 5.92 Å². The Morgan fingerprint density at radius 3 is 2.46 bits per heavy atom. The van der Waals surface area contributed by atoms with Gasteiger partial charge in [0, 0.05) is 19.6 Å². The Hall–Kier alpha value is -1.42. The highest BCUT2D eigenvalue weighted by atomic mass is 19.1. The summed E-state index contributed by atoms with van der Waals surface area (Å²) in [7, 11) is 0. The average Bonchev–Trinajstić information content (AvgIpc) is 3.29. The molecule has 2 saturated heterocycles. The van der Waals surface area contributed by atoms with Gasteiger partial charge in [0.05, 0.1) is 5.41 Å². The molecule has 3 aliphatic rings. The molecule has 24 heavy (non-hydrogen) atoms. The van der Waals surface area contributed by atoms with Gasteiger partial charge in [-0.15, -0.1) is 0 Å². The highest BCUT2D eigenvalue weighted by molar-refractivity contribution is 5.91. The van der Waals surface area contributed by atoms with Crippen molar-refractivity contribution in [2.75, 3.05) is 32.7 Å². The fourth-order valence-electron chi connectivity index (χ4n) is 4.50. The summed E-state index contributed by atoms with van der Waals surface area (Å²) < 4.78 is 13.2. The summed E-state index contributed by atoms with van der Waals surface area (Å²) in [6.07, 6.45) is 6.95. The molecule has 3 fully saturated rings. The van der Waals surface area contributed by atoms with Gasteiger partial charge in [0.1, 0.15) is 5.82 Å². The monoisotopic (exact) mass is 330 g/mol. The van der Waals surface area contributed by atoms with E-state index in [1.54, 1.807) is 12.1 Å². The Kier molecular flexibility index (Phi) is 4.33. The van der Waals surface area contributed by atoms with Crippen LogP contribution in [-0.2, 0) is 10.2 Å². The zero-order valence-electron chi connectivity index (χ0n) is 14.3. The van der Waals surface area contributed by atoms with Crippen molar-refractivity contribution in [3.8, 4) is 0 Å². The normalized spacial score (nSPS) is 26.5. The third-order valence-electron chi connectivity index (χ3n) is 6.09. The molecule has 1 unspecified atom stereocenters. The van der Waals surface area contributed by atoms with E-state index in [2.05, 4.69) is 9.80 Å². The topological polar surface area (TPSA) is 23.6 Å². The maximum atomic E-state index is 13.2. The lowest BCUT2D eigenvalue weighted by atomic mass is 9.94. The first-order chi connectivity index (χ1) is 11.7. The molecule has 0 radical (unpaired) electrons. The van der Waals surface area contributed by atoms with Gasteiger partial charge in [0.2, 0.25) is 5.91 Å². The number of benzene rings is 1. The van der Waals surface area contributed by atoms with Crippen LogP contribution >= 0.6 is 0 Å². The molecular formula is C20H27FN2O. The molecule has 0 spiro atoms. The number of halogens is 1. The number of hydrogen-bond acceptors (Lipinski definition) is 2. The summed E-state index contributed by atoms with van der Waals surface area (Å²) in [5.41, 5.74) is 0.640. The first-order valence-electron chi connectivity index (χ1n) is 9.45. The van der Waals surface area contributed by atoms with Gasteiger partial charge in [-0.1, -0.05) is 18.6 Å². The van der Waals surface area contributed by atoms with Gasteiger partial charge in [-0.3, -0.25) is 4.79 Å². The maximum absolute atomic E-state index is 13.2. The van der Waals surface area contributed by atoms with E-state index in [4.69, 9.17) is 0 Å². The molecular weight excluding hydrogens is 303 g/mol. The van der Waals surface area contributed by atoms with Gasteiger partial charge >= 0.3 is 0 Å². The van der Waals surface area contributed by atoms with Crippen molar-refractivity contribution in [2.45, 2.75) is 43.9 Å². The first-order valence-corrected chi connectivity index (χ1v) is 9.45. The van der Waals surface area contributed by atoms with Gasteiger partial charge in [-0.2, -0.15) is 0 Å². The van der Waals surface area contributed by atoms with Crippen LogP contribution in [0, 0.1) is 11.7 Å². The predicted octanol–water partition coefficient (Wildman–Crippen LogP) is 3.19. The molecule has 2 heterocycles. The third kappa shape index (κ3) is 3.08. The zero-order valence-corrected chi connectivity index (χ0v) is 14.3. The van der Waals surface area contributed by atoms with Crippen LogP contribution in [0.2, 0.25) is 0 Å². The molecule has 0 aromatic heterocycles. The number of amides is 1. The summed E-state index contributed by atoms with van der Waals surface area (Å²) >= 11 is 0. The molecule has 1 atom stereocenters. The molecule has 4 heteroatoms. The molecule has 1 aliphatic carbocycles. The third-order valence-corrected chi connectivity index (χ3v) is 6.09. The van der Waals surface area contributed by atoms with Crippen molar-refractivity contribution in [3.63, 3.8) is 0 Å². The van der Waals surface area contributed by atoms with Crippen molar-refractivity contribution < 1.29 is 9.18 Å². The number of likely N-dealkylation sites (tertiary alicyclic amines) is 2. The van der Waals surface area contributed by atoms with Crippen molar-refractivity contribution in [1.82, 2.24) is 9.80 Å². The van der Waals surface area contributed by atoms with E-state index in [-0.39, 0.29) is 17.1 Å². The number of nitrogens with zero attached hydrogens (tertiary/aromatic N) is 2. The minimum absolute atomic E-state index is 0.232. The molecule has 0 bridgehead atoms. The van der Waals surface area contributed by atoms with Crippen molar-refractivity contribution in [2.24, 2.45) is 5.92 Å². The average molecular weight is 330 g/mol.